The van der Waals surface area contributed by atoms with Crippen LogP contribution in [-0.4, -0.2) is 60.3 Å². The normalized spacial score (nSPS) is 14.2. The van der Waals surface area contributed by atoms with Gasteiger partial charge in [0.2, 0.25) is 0 Å². The number of piperazine rings is 1. The lowest BCUT2D eigenvalue weighted by Gasteiger charge is -2.36. The molecule has 0 aliphatic carbocycles. The number of hydrogen-bond donors (Lipinski definition) is 0. The van der Waals surface area contributed by atoms with Crippen LogP contribution in [0, 0.1) is 5.82 Å². The van der Waals surface area contributed by atoms with E-state index in [2.05, 4.69) is 33.8 Å². The van der Waals surface area contributed by atoms with Gasteiger partial charge in [-0.25, -0.2) is 4.39 Å². The molecule has 28 heavy (non-hydrogen) atoms. The lowest BCUT2D eigenvalue weighted by molar-refractivity contribution is 0.0748. The standard InChI is InChI=1S/C21H28FN5O/c1-3-11-27(12-4-2)21(28)19-9-10-20(24-23-19)26-15-13-25(14-16-26)18-7-5-17(22)6-8-18/h5-10H,3-4,11-16H2,1-2H3. The molecule has 0 N–H and O–H groups in total. The third kappa shape index (κ3) is 4.77. The number of halogens is 1. The van der Waals surface area contributed by atoms with E-state index < -0.39 is 0 Å². The maximum Gasteiger partial charge on any atom is 0.274 e. The number of anilines is 2. The maximum absolute atomic E-state index is 13.1. The highest BCUT2D eigenvalue weighted by Crippen LogP contribution is 2.19. The van der Waals surface area contributed by atoms with Gasteiger partial charge in [-0.15, -0.1) is 10.2 Å². The molecule has 0 radical (unpaired) electrons. The van der Waals surface area contributed by atoms with Crippen molar-refractivity contribution in [2.24, 2.45) is 0 Å². The van der Waals surface area contributed by atoms with Gasteiger partial charge in [-0.1, -0.05) is 13.8 Å². The van der Waals surface area contributed by atoms with Crippen molar-refractivity contribution in [3.05, 3.63) is 47.9 Å². The summed E-state index contributed by atoms with van der Waals surface area (Å²) in [6.07, 6.45) is 1.85. The Morgan fingerprint density at radius 1 is 0.929 bits per heavy atom. The SMILES string of the molecule is CCCN(CCC)C(=O)c1ccc(N2CCN(c3ccc(F)cc3)CC2)nn1. The first-order valence-electron chi connectivity index (χ1n) is 10.0. The Hall–Kier alpha value is -2.70. The van der Waals surface area contributed by atoms with E-state index >= 15 is 0 Å². The molecule has 1 aliphatic rings. The monoisotopic (exact) mass is 385 g/mol. The maximum atomic E-state index is 13.1. The molecular formula is C21H28FN5O. The van der Waals surface area contributed by atoms with Gasteiger partial charge in [-0.2, -0.15) is 0 Å². The molecule has 1 aromatic heterocycles. The number of rotatable bonds is 7. The van der Waals surface area contributed by atoms with Gasteiger partial charge in [0, 0.05) is 45.0 Å². The van der Waals surface area contributed by atoms with Gasteiger partial charge in [-0.05, 0) is 49.2 Å². The smallest absolute Gasteiger partial charge is 0.274 e. The number of hydrogen-bond acceptors (Lipinski definition) is 5. The molecule has 0 saturated carbocycles. The van der Waals surface area contributed by atoms with E-state index in [4.69, 9.17) is 0 Å². The minimum atomic E-state index is -0.219. The third-order valence-corrected chi connectivity index (χ3v) is 4.94. The molecule has 1 saturated heterocycles. The number of nitrogens with zero attached hydrogens (tertiary/aromatic N) is 5. The summed E-state index contributed by atoms with van der Waals surface area (Å²) in [4.78, 5) is 18.8. The number of benzene rings is 1. The lowest BCUT2D eigenvalue weighted by atomic mass is 10.2. The Morgan fingerprint density at radius 3 is 2.07 bits per heavy atom. The predicted octanol–water partition coefficient (Wildman–Crippen LogP) is 3.20. The molecular weight excluding hydrogens is 357 g/mol. The van der Waals surface area contributed by atoms with Gasteiger partial charge in [-0.3, -0.25) is 4.79 Å². The average molecular weight is 385 g/mol. The molecule has 2 heterocycles. The molecule has 3 rings (SSSR count). The predicted molar refractivity (Wildman–Crippen MR) is 109 cm³/mol. The van der Waals surface area contributed by atoms with Gasteiger partial charge in [0.15, 0.2) is 11.5 Å². The summed E-state index contributed by atoms with van der Waals surface area (Å²) in [7, 11) is 0. The van der Waals surface area contributed by atoms with E-state index in [1.165, 1.54) is 12.1 Å². The Labute approximate surface area is 166 Å². The highest BCUT2D eigenvalue weighted by molar-refractivity contribution is 5.92. The average Bonchev–Trinajstić information content (AvgIpc) is 2.74. The van der Waals surface area contributed by atoms with Crippen LogP contribution < -0.4 is 9.80 Å². The zero-order valence-corrected chi connectivity index (χ0v) is 16.6. The fraction of sp³-hybridized carbons (Fsp3) is 0.476. The van der Waals surface area contributed by atoms with Gasteiger partial charge in [0.25, 0.3) is 5.91 Å². The largest absolute Gasteiger partial charge is 0.368 e. The molecule has 1 aliphatic heterocycles. The number of carbonyl (C=O) groups is 1. The minimum absolute atomic E-state index is 0.0520. The van der Waals surface area contributed by atoms with Crippen LogP contribution in [0.15, 0.2) is 36.4 Å². The zero-order chi connectivity index (χ0) is 19.9. The fourth-order valence-electron chi connectivity index (χ4n) is 3.47. The van der Waals surface area contributed by atoms with E-state index in [1.807, 2.05) is 23.1 Å². The van der Waals surface area contributed by atoms with Gasteiger partial charge in [0.1, 0.15) is 5.82 Å². The first-order valence-corrected chi connectivity index (χ1v) is 10.0. The number of amides is 1. The Bertz CT molecular complexity index is 751. The molecule has 1 amide bonds. The van der Waals surface area contributed by atoms with Crippen LogP contribution >= 0.6 is 0 Å². The second-order valence-electron chi connectivity index (χ2n) is 7.02. The highest BCUT2D eigenvalue weighted by atomic mass is 19.1. The molecule has 1 aromatic carbocycles. The summed E-state index contributed by atoms with van der Waals surface area (Å²) in [5, 5.41) is 8.48. The molecule has 1 fully saturated rings. The van der Waals surface area contributed by atoms with Crippen LogP contribution in [0.1, 0.15) is 37.2 Å². The quantitative estimate of drug-likeness (QED) is 0.733. The molecule has 6 nitrogen and oxygen atoms in total. The first-order chi connectivity index (χ1) is 13.6. The van der Waals surface area contributed by atoms with Crippen molar-refractivity contribution >= 4 is 17.4 Å². The summed E-state index contributed by atoms with van der Waals surface area (Å²) >= 11 is 0. The number of carbonyl (C=O) groups excluding carboxylic acids is 1. The Morgan fingerprint density at radius 2 is 1.54 bits per heavy atom. The highest BCUT2D eigenvalue weighted by Gasteiger charge is 2.20. The van der Waals surface area contributed by atoms with Crippen LogP contribution in [0.2, 0.25) is 0 Å². The van der Waals surface area contributed by atoms with Crippen molar-refractivity contribution in [1.82, 2.24) is 15.1 Å². The van der Waals surface area contributed by atoms with E-state index in [-0.39, 0.29) is 11.7 Å². The van der Waals surface area contributed by atoms with Crippen LogP contribution in [0.3, 0.4) is 0 Å². The summed E-state index contributed by atoms with van der Waals surface area (Å²) in [5.41, 5.74) is 1.43. The summed E-state index contributed by atoms with van der Waals surface area (Å²) in [6.45, 7) is 8.87. The van der Waals surface area contributed by atoms with Crippen molar-refractivity contribution < 1.29 is 9.18 Å². The van der Waals surface area contributed by atoms with E-state index in [9.17, 15) is 9.18 Å². The second kappa shape index (κ2) is 9.48. The number of aromatic nitrogens is 2. The van der Waals surface area contributed by atoms with Gasteiger partial charge in [0.05, 0.1) is 0 Å². The summed E-state index contributed by atoms with van der Waals surface area (Å²) in [6, 6.07) is 10.2. The molecule has 7 heteroatoms. The van der Waals surface area contributed by atoms with Crippen LogP contribution in [0.25, 0.3) is 0 Å². The molecule has 2 aromatic rings. The van der Waals surface area contributed by atoms with Crippen molar-refractivity contribution in [2.45, 2.75) is 26.7 Å². The van der Waals surface area contributed by atoms with Crippen LogP contribution in [-0.2, 0) is 0 Å². The molecule has 150 valence electrons. The van der Waals surface area contributed by atoms with Crippen molar-refractivity contribution in [2.75, 3.05) is 49.1 Å². The Kier molecular flexibility index (Phi) is 6.79. The minimum Gasteiger partial charge on any atom is -0.368 e. The van der Waals surface area contributed by atoms with Gasteiger partial charge >= 0.3 is 0 Å². The third-order valence-electron chi connectivity index (χ3n) is 4.94. The van der Waals surface area contributed by atoms with Crippen LogP contribution in [0.5, 0.6) is 0 Å². The van der Waals surface area contributed by atoms with Crippen molar-refractivity contribution in [3.63, 3.8) is 0 Å². The molecule has 0 unspecified atom stereocenters. The molecule has 0 spiro atoms. The van der Waals surface area contributed by atoms with E-state index in [0.717, 1.165) is 63.6 Å². The summed E-state index contributed by atoms with van der Waals surface area (Å²) in [5.74, 6) is 0.514. The second-order valence-corrected chi connectivity index (χ2v) is 7.02. The van der Waals surface area contributed by atoms with Crippen LogP contribution in [0.4, 0.5) is 15.9 Å². The first kappa shape index (κ1) is 20.0. The zero-order valence-electron chi connectivity index (χ0n) is 16.6. The van der Waals surface area contributed by atoms with E-state index in [0.29, 0.717) is 5.69 Å². The molecule has 0 atom stereocenters. The molecule has 0 bridgehead atoms. The lowest BCUT2D eigenvalue weighted by Crippen LogP contribution is -2.47. The van der Waals surface area contributed by atoms with E-state index in [1.54, 1.807) is 6.07 Å². The fourth-order valence-corrected chi connectivity index (χ4v) is 3.47. The van der Waals surface area contributed by atoms with Gasteiger partial charge < -0.3 is 14.7 Å². The van der Waals surface area contributed by atoms with Crippen molar-refractivity contribution in [1.29, 1.82) is 0 Å². The Balaban J connectivity index is 1.60. The summed E-state index contributed by atoms with van der Waals surface area (Å²) < 4.78 is 13.1. The topological polar surface area (TPSA) is 52.6 Å². The van der Waals surface area contributed by atoms with Crippen molar-refractivity contribution in [3.8, 4) is 0 Å².